The van der Waals surface area contributed by atoms with Crippen LogP contribution in [0.4, 0.5) is 14.6 Å². The molecule has 2 amide bonds. The Balaban J connectivity index is 1.91. The van der Waals surface area contributed by atoms with Crippen LogP contribution in [0, 0.1) is 18.1 Å². The van der Waals surface area contributed by atoms with Crippen molar-refractivity contribution in [2.45, 2.75) is 13.0 Å². The average molecular weight is 333 g/mol. The third-order valence-corrected chi connectivity index (χ3v) is 3.19. The number of nitrogens with two attached hydrogens (primary N) is 2. The first kappa shape index (κ1) is 17.3. The number of aromatic nitrogens is 1. The maximum absolute atomic E-state index is 13.1. The Kier molecular flexibility index (Phi) is 5.41. The molecule has 2 aromatic rings. The van der Waals surface area contributed by atoms with Gasteiger partial charge in [-0.25, -0.2) is 13.8 Å². The predicted octanol–water partition coefficient (Wildman–Crippen LogP) is 1.10. The highest BCUT2D eigenvalue weighted by atomic mass is 19.2. The van der Waals surface area contributed by atoms with Gasteiger partial charge in [-0.05, 0) is 30.2 Å². The van der Waals surface area contributed by atoms with E-state index in [-0.39, 0.29) is 24.5 Å². The van der Waals surface area contributed by atoms with Crippen molar-refractivity contribution in [3.8, 4) is 0 Å². The zero-order valence-electron chi connectivity index (χ0n) is 12.6. The second-order valence-electron chi connectivity index (χ2n) is 4.98. The first-order valence-corrected chi connectivity index (χ1v) is 6.97. The number of anilines is 1. The van der Waals surface area contributed by atoms with Crippen LogP contribution in [-0.2, 0) is 17.8 Å². The molecule has 0 saturated carbocycles. The third kappa shape index (κ3) is 4.48. The van der Waals surface area contributed by atoms with E-state index in [0.29, 0.717) is 11.1 Å². The van der Waals surface area contributed by atoms with Crippen LogP contribution in [-0.4, -0.2) is 16.8 Å². The number of nitrogens with one attached hydrogen (secondary N) is 1. The number of amides is 2. The molecule has 1 aromatic heterocycles. The van der Waals surface area contributed by atoms with Gasteiger partial charge in [0.05, 0.1) is 6.42 Å². The summed E-state index contributed by atoms with van der Waals surface area (Å²) in [6, 6.07) is 6.43. The van der Waals surface area contributed by atoms with Crippen molar-refractivity contribution < 1.29 is 18.4 Å². The van der Waals surface area contributed by atoms with E-state index in [1.165, 1.54) is 24.6 Å². The molecule has 0 unspecified atom stereocenters. The lowest BCUT2D eigenvalue weighted by molar-refractivity contribution is -0.118. The lowest BCUT2D eigenvalue weighted by atomic mass is 10.1. The molecule has 0 aliphatic rings. The fourth-order valence-electron chi connectivity index (χ4n) is 1.99. The first-order chi connectivity index (χ1) is 11.4. The summed E-state index contributed by atoms with van der Waals surface area (Å²) < 4.78 is 25.9. The van der Waals surface area contributed by atoms with Gasteiger partial charge in [0.15, 0.2) is 11.6 Å². The maximum Gasteiger partial charge on any atom is 0.267 e. The molecular formula is C16H15F2N4O2. The van der Waals surface area contributed by atoms with Gasteiger partial charge in [-0.2, -0.15) is 0 Å². The van der Waals surface area contributed by atoms with Crippen molar-refractivity contribution in [2.24, 2.45) is 5.73 Å². The minimum atomic E-state index is -0.972. The van der Waals surface area contributed by atoms with E-state index in [1.54, 1.807) is 0 Å². The molecule has 0 aliphatic heterocycles. The van der Waals surface area contributed by atoms with E-state index in [9.17, 15) is 18.4 Å². The molecule has 0 atom stereocenters. The quantitative estimate of drug-likeness (QED) is 0.735. The predicted molar refractivity (Wildman–Crippen MR) is 83.4 cm³/mol. The van der Waals surface area contributed by atoms with Gasteiger partial charge < -0.3 is 16.8 Å². The second-order valence-corrected chi connectivity index (χ2v) is 4.98. The number of carbonyl (C=O) groups is 2. The smallest absolute Gasteiger partial charge is 0.267 e. The number of rotatable bonds is 6. The van der Waals surface area contributed by atoms with E-state index in [4.69, 9.17) is 11.5 Å². The maximum atomic E-state index is 13.1. The van der Waals surface area contributed by atoms with Gasteiger partial charge in [-0.3, -0.25) is 9.59 Å². The molecule has 125 valence electrons. The SMILES string of the molecule is NC(=O)c1nc(N)ccc1CNC(=O)[CH]Cc1ccc(F)c(F)c1. The topological polar surface area (TPSA) is 111 Å². The molecule has 5 N–H and O–H groups in total. The molecule has 0 fully saturated rings. The van der Waals surface area contributed by atoms with E-state index >= 15 is 0 Å². The zero-order valence-corrected chi connectivity index (χ0v) is 12.6. The summed E-state index contributed by atoms with van der Waals surface area (Å²) in [5, 5.41) is 2.56. The minimum absolute atomic E-state index is 0.0177. The van der Waals surface area contributed by atoms with Crippen molar-refractivity contribution in [2.75, 3.05) is 5.73 Å². The molecule has 1 heterocycles. The second kappa shape index (κ2) is 7.49. The Morgan fingerprint density at radius 3 is 2.58 bits per heavy atom. The number of primary amides is 1. The van der Waals surface area contributed by atoms with Crippen molar-refractivity contribution in [1.29, 1.82) is 0 Å². The molecular weight excluding hydrogens is 318 g/mol. The van der Waals surface area contributed by atoms with Crippen molar-refractivity contribution >= 4 is 17.6 Å². The Morgan fingerprint density at radius 2 is 1.92 bits per heavy atom. The molecule has 0 bridgehead atoms. The van der Waals surface area contributed by atoms with E-state index in [2.05, 4.69) is 10.3 Å². The van der Waals surface area contributed by atoms with Gasteiger partial charge in [0.1, 0.15) is 11.5 Å². The number of hydrogen-bond acceptors (Lipinski definition) is 4. The number of nitrogen functional groups attached to an aromatic ring is 1. The van der Waals surface area contributed by atoms with Crippen LogP contribution in [0.5, 0.6) is 0 Å². The molecule has 1 radical (unpaired) electrons. The van der Waals surface area contributed by atoms with E-state index in [1.807, 2.05) is 0 Å². The van der Waals surface area contributed by atoms with Crippen LogP contribution in [0.2, 0.25) is 0 Å². The Morgan fingerprint density at radius 1 is 1.17 bits per heavy atom. The highest BCUT2D eigenvalue weighted by molar-refractivity contribution is 5.93. The zero-order chi connectivity index (χ0) is 17.7. The highest BCUT2D eigenvalue weighted by Gasteiger charge is 2.12. The normalized spacial score (nSPS) is 10.4. The first-order valence-electron chi connectivity index (χ1n) is 6.97. The summed E-state index contributed by atoms with van der Waals surface area (Å²) in [4.78, 5) is 26.9. The fraction of sp³-hybridized carbons (Fsp3) is 0.125. The number of hydrogen-bond donors (Lipinski definition) is 3. The van der Waals surface area contributed by atoms with Gasteiger partial charge in [0, 0.05) is 12.1 Å². The number of benzene rings is 1. The fourth-order valence-corrected chi connectivity index (χ4v) is 1.99. The summed E-state index contributed by atoms with van der Waals surface area (Å²) in [6.45, 7) is 0.0265. The molecule has 8 heteroatoms. The van der Waals surface area contributed by atoms with Gasteiger partial charge >= 0.3 is 0 Å². The van der Waals surface area contributed by atoms with Crippen molar-refractivity contribution in [3.63, 3.8) is 0 Å². The molecule has 0 saturated heterocycles. The molecule has 6 nitrogen and oxygen atoms in total. The van der Waals surface area contributed by atoms with Gasteiger partial charge in [-0.15, -0.1) is 0 Å². The van der Waals surface area contributed by atoms with Crippen LogP contribution < -0.4 is 16.8 Å². The summed E-state index contributed by atoms with van der Waals surface area (Å²) in [7, 11) is 0. The number of nitrogens with zero attached hydrogens (tertiary/aromatic N) is 1. The third-order valence-electron chi connectivity index (χ3n) is 3.19. The summed E-state index contributed by atoms with van der Waals surface area (Å²) in [5.74, 6) is -2.97. The van der Waals surface area contributed by atoms with Crippen molar-refractivity contribution in [3.05, 3.63) is 65.2 Å². The lowest BCUT2D eigenvalue weighted by Gasteiger charge is -2.09. The Hall–Kier alpha value is -3.03. The Labute approximate surface area is 136 Å². The molecule has 2 rings (SSSR count). The monoisotopic (exact) mass is 333 g/mol. The molecule has 24 heavy (non-hydrogen) atoms. The number of carbonyl (C=O) groups excluding carboxylic acids is 2. The average Bonchev–Trinajstić information content (AvgIpc) is 2.54. The molecule has 1 aromatic carbocycles. The summed E-state index contributed by atoms with van der Waals surface area (Å²) in [6.07, 6.45) is 1.41. The highest BCUT2D eigenvalue weighted by Crippen LogP contribution is 2.11. The largest absolute Gasteiger partial charge is 0.384 e. The molecule has 0 aliphatic carbocycles. The van der Waals surface area contributed by atoms with Gasteiger partial charge in [-0.1, -0.05) is 12.1 Å². The number of halogens is 2. The Bertz CT molecular complexity index is 781. The van der Waals surface area contributed by atoms with Crippen LogP contribution in [0.15, 0.2) is 30.3 Å². The van der Waals surface area contributed by atoms with Crippen LogP contribution in [0.25, 0.3) is 0 Å². The number of pyridine rings is 1. The molecule has 0 spiro atoms. The van der Waals surface area contributed by atoms with E-state index in [0.717, 1.165) is 12.1 Å². The summed E-state index contributed by atoms with van der Waals surface area (Å²) in [5.41, 5.74) is 11.6. The van der Waals surface area contributed by atoms with E-state index < -0.39 is 23.4 Å². The minimum Gasteiger partial charge on any atom is -0.384 e. The summed E-state index contributed by atoms with van der Waals surface area (Å²) >= 11 is 0. The van der Waals surface area contributed by atoms with Crippen LogP contribution in [0.3, 0.4) is 0 Å². The van der Waals surface area contributed by atoms with Gasteiger partial charge in [0.2, 0.25) is 5.91 Å². The standard InChI is InChI=1S/C16H15F2N4O2/c17-11-4-1-9(7-12(11)18)2-6-14(23)21-8-10-3-5-13(19)22-15(10)16(20)24/h1,3-7H,2,8H2,(H2,19,22)(H2,20,24)(H,21,23). The van der Waals surface area contributed by atoms with Crippen LogP contribution in [0.1, 0.15) is 21.6 Å². The van der Waals surface area contributed by atoms with Crippen LogP contribution >= 0.6 is 0 Å². The van der Waals surface area contributed by atoms with Crippen molar-refractivity contribution in [1.82, 2.24) is 10.3 Å². The lowest BCUT2D eigenvalue weighted by Crippen LogP contribution is -2.26. The van der Waals surface area contributed by atoms with Gasteiger partial charge in [0.25, 0.3) is 5.91 Å².